The highest BCUT2D eigenvalue weighted by molar-refractivity contribution is 6.05. The van der Waals surface area contributed by atoms with Gasteiger partial charge in [-0.25, -0.2) is 4.39 Å². The first kappa shape index (κ1) is 15.0. The van der Waals surface area contributed by atoms with E-state index in [1.165, 1.54) is 24.3 Å². The summed E-state index contributed by atoms with van der Waals surface area (Å²) in [5, 5.41) is 2.26. The number of halogens is 4. The van der Waals surface area contributed by atoms with Gasteiger partial charge in [-0.1, -0.05) is 18.2 Å². The topological polar surface area (TPSA) is 29.1 Å². The highest BCUT2D eigenvalue weighted by Crippen LogP contribution is 2.32. The lowest BCUT2D eigenvalue weighted by molar-refractivity contribution is -0.137. The molecule has 21 heavy (non-hydrogen) atoms. The first-order chi connectivity index (χ1) is 9.79. The van der Waals surface area contributed by atoms with Crippen LogP contribution in [-0.4, -0.2) is 5.91 Å². The Kier molecular flexibility index (Phi) is 3.97. The van der Waals surface area contributed by atoms with E-state index in [2.05, 4.69) is 5.32 Å². The van der Waals surface area contributed by atoms with Crippen molar-refractivity contribution in [3.63, 3.8) is 0 Å². The largest absolute Gasteiger partial charge is 0.417 e. The van der Waals surface area contributed by atoms with E-state index in [1.807, 2.05) is 0 Å². The summed E-state index contributed by atoms with van der Waals surface area (Å²) in [6.07, 6.45) is -4.63. The summed E-state index contributed by atoms with van der Waals surface area (Å²) in [4.78, 5) is 11.9. The standard InChI is InChI=1S/C15H11F4NO/c1-9-6-7-10(8-13(9)16)20-14(21)11-4-2-3-5-12(11)15(17,18)19/h2-8H,1H3,(H,20,21). The molecule has 6 heteroatoms. The van der Waals surface area contributed by atoms with Crippen molar-refractivity contribution in [2.24, 2.45) is 0 Å². The molecule has 110 valence electrons. The van der Waals surface area contributed by atoms with Gasteiger partial charge in [-0.15, -0.1) is 0 Å². The van der Waals surface area contributed by atoms with E-state index in [4.69, 9.17) is 0 Å². The predicted octanol–water partition coefficient (Wildman–Crippen LogP) is 4.41. The number of aryl methyl sites for hydroxylation is 1. The Morgan fingerprint density at radius 2 is 1.76 bits per heavy atom. The fraction of sp³-hybridized carbons (Fsp3) is 0.133. The lowest BCUT2D eigenvalue weighted by Crippen LogP contribution is -2.18. The smallest absolute Gasteiger partial charge is 0.322 e. The second kappa shape index (κ2) is 5.55. The average molecular weight is 297 g/mol. The van der Waals surface area contributed by atoms with E-state index < -0.39 is 29.0 Å². The molecule has 0 bridgehead atoms. The van der Waals surface area contributed by atoms with Gasteiger partial charge in [0.15, 0.2) is 0 Å². The van der Waals surface area contributed by atoms with Crippen molar-refractivity contribution < 1.29 is 22.4 Å². The quantitative estimate of drug-likeness (QED) is 0.818. The lowest BCUT2D eigenvalue weighted by atomic mass is 10.1. The number of hydrogen-bond donors (Lipinski definition) is 1. The molecular formula is C15H11F4NO. The number of alkyl halides is 3. The van der Waals surface area contributed by atoms with Crippen LogP contribution in [0, 0.1) is 12.7 Å². The van der Waals surface area contributed by atoms with Gasteiger partial charge < -0.3 is 5.32 Å². The number of amides is 1. The van der Waals surface area contributed by atoms with Gasteiger partial charge in [0.1, 0.15) is 5.82 Å². The van der Waals surface area contributed by atoms with Crippen molar-refractivity contribution >= 4 is 11.6 Å². The summed E-state index contributed by atoms with van der Waals surface area (Å²) in [6, 6.07) is 8.34. The average Bonchev–Trinajstić information content (AvgIpc) is 2.42. The lowest BCUT2D eigenvalue weighted by Gasteiger charge is -2.12. The van der Waals surface area contributed by atoms with E-state index >= 15 is 0 Å². The molecule has 0 aliphatic heterocycles. The van der Waals surface area contributed by atoms with Crippen LogP contribution >= 0.6 is 0 Å². The van der Waals surface area contributed by atoms with Crippen LogP contribution in [0.15, 0.2) is 42.5 Å². The van der Waals surface area contributed by atoms with E-state index in [0.29, 0.717) is 5.56 Å². The molecule has 0 heterocycles. The number of nitrogens with one attached hydrogen (secondary N) is 1. The van der Waals surface area contributed by atoms with Gasteiger partial charge in [0.2, 0.25) is 0 Å². The molecule has 2 rings (SSSR count). The molecule has 0 aliphatic carbocycles. The second-order valence-electron chi connectivity index (χ2n) is 4.46. The van der Waals surface area contributed by atoms with Crippen molar-refractivity contribution in [3.05, 3.63) is 65.0 Å². The van der Waals surface area contributed by atoms with Crippen LogP contribution in [0.5, 0.6) is 0 Å². The minimum Gasteiger partial charge on any atom is -0.322 e. The van der Waals surface area contributed by atoms with Crippen LogP contribution in [0.25, 0.3) is 0 Å². The Balaban J connectivity index is 2.31. The Labute approximate surface area is 118 Å². The third kappa shape index (κ3) is 3.39. The normalized spacial score (nSPS) is 11.3. The molecule has 0 aliphatic rings. The maximum atomic E-state index is 13.4. The van der Waals surface area contributed by atoms with Crippen LogP contribution in [0.3, 0.4) is 0 Å². The SMILES string of the molecule is Cc1ccc(NC(=O)c2ccccc2C(F)(F)F)cc1F. The van der Waals surface area contributed by atoms with E-state index in [0.717, 1.165) is 18.2 Å². The van der Waals surface area contributed by atoms with E-state index in [9.17, 15) is 22.4 Å². The molecule has 0 fully saturated rings. The fourth-order valence-corrected chi connectivity index (χ4v) is 1.80. The molecule has 1 N–H and O–H groups in total. The second-order valence-corrected chi connectivity index (χ2v) is 4.46. The molecule has 2 nitrogen and oxygen atoms in total. The Bertz CT molecular complexity index is 680. The van der Waals surface area contributed by atoms with Crippen molar-refractivity contribution in [2.75, 3.05) is 5.32 Å². The maximum Gasteiger partial charge on any atom is 0.417 e. The van der Waals surface area contributed by atoms with Gasteiger partial charge in [0, 0.05) is 5.69 Å². The highest BCUT2D eigenvalue weighted by Gasteiger charge is 2.34. The Morgan fingerprint density at radius 3 is 2.38 bits per heavy atom. The van der Waals surface area contributed by atoms with Crippen molar-refractivity contribution in [1.29, 1.82) is 0 Å². The van der Waals surface area contributed by atoms with E-state index in [-0.39, 0.29) is 5.69 Å². The molecule has 0 spiro atoms. The molecule has 2 aromatic carbocycles. The van der Waals surface area contributed by atoms with Crippen LogP contribution < -0.4 is 5.32 Å². The van der Waals surface area contributed by atoms with Gasteiger partial charge in [0.05, 0.1) is 11.1 Å². The first-order valence-electron chi connectivity index (χ1n) is 6.03. The Morgan fingerprint density at radius 1 is 1.10 bits per heavy atom. The number of hydrogen-bond acceptors (Lipinski definition) is 1. The zero-order valence-corrected chi connectivity index (χ0v) is 11.0. The Hall–Kier alpha value is -2.37. The monoisotopic (exact) mass is 297 g/mol. The van der Waals surface area contributed by atoms with Crippen LogP contribution in [0.2, 0.25) is 0 Å². The minimum atomic E-state index is -4.63. The molecule has 2 aromatic rings. The molecule has 0 aromatic heterocycles. The van der Waals surface area contributed by atoms with Crippen LogP contribution in [0.1, 0.15) is 21.5 Å². The minimum absolute atomic E-state index is 0.0973. The summed E-state index contributed by atoms with van der Waals surface area (Å²) in [7, 11) is 0. The molecule has 0 radical (unpaired) electrons. The number of benzene rings is 2. The maximum absolute atomic E-state index is 13.4. The van der Waals surface area contributed by atoms with Gasteiger partial charge in [-0.2, -0.15) is 13.2 Å². The molecule has 0 atom stereocenters. The zero-order chi connectivity index (χ0) is 15.6. The number of carbonyl (C=O) groups excluding carboxylic acids is 1. The van der Waals surface area contributed by atoms with Crippen LogP contribution in [0.4, 0.5) is 23.2 Å². The van der Waals surface area contributed by atoms with E-state index in [1.54, 1.807) is 6.92 Å². The van der Waals surface area contributed by atoms with Crippen molar-refractivity contribution in [3.8, 4) is 0 Å². The number of carbonyl (C=O) groups is 1. The molecule has 0 saturated heterocycles. The summed E-state index contributed by atoms with van der Waals surface area (Å²) < 4.78 is 51.8. The predicted molar refractivity (Wildman–Crippen MR) is 70.5 cm³/mol. The number of anilines is 1. The zero-order valence-electron chi connectivity index (χ0n) is 11.0. The van der Waals surface area contributed by atoms with Crippen molar-refractivity contribution in [1.82, 2.24) is 0 Å². The van der Waals surface area contributed by atoms with Gasteiger partial charge in [-0.05, 0) is 36.8 Å². The van der Waals surface area contributed by atoms with Crippen molar-refractivity contribution in [2.45, 2.75) is 13.1 Å². The summed E-state index contributed by atoms with van der Waals surface area (Å²) in [5.41, 5.74) is -1.06. The summed E-state index contributed by atoms with van der Waals surface area (Å²) in [5.74, 6) is -1.48. The number of rotatable bonds is 2. The fourth-order valence-electron chi connectivity index (χ4n) is 1.80. The van der Waals surface area contributed by atoms with Crippen LogP contribution in [-0.2, 0) is 6.18 Å². The molecule has 1 amide bonds. The third-order valence-electron chi connectivity index (χ3n) is 2.91. The first-order valence-corrected chi connectivity index (χ1v) is 6.03. The third-order valence-corrected chi connectivity index (χ3v) is 2.91. The molecular weight excluding hydrogens is 286 g/mol. The highest BCUT2D eigenvalue weighted by atomic mass is 19.4. The summed E-state index contributed by atoms with van der Waals surface area (Å²) in [6.45, 7) is 1.54. The molecule has 0 unspecified atom stereocenters. The van der Waals surface area contributed by atoms with Gasteiger partial charge in [0.25, 0.3) is 5.91 Å². The van der Waals surface area contributed by atoms with Gasteiger partial charge >= 0.3 is 6.18 Å². The summed E-state index contributed by atoms with van der Waals surface area (Å²) >= 11 is 0. The molecule has 0 saturated carbocycles. The van der Waals surface area contributed by atoms with Gasteiger partial charge in [-0.3, -0.25) is 4.79 Å².